The lowest BCUT2D eigenvalue weighted by atomic mass is 10.1. The molecule has 15 heavy (non-hydrogen) atoms. The molecule has 0 aliphatic carbocycles. The van der Waals surface area contributed by atoms with Crippen LogP contribution in [0.3, 0.4) is 0 Å². The molecule has 78 valence electrons. The summed E-state index contributed by atoms with van der Waals surface area (Å²) >= 11 is 0. The first kappa shape index (κ1) is 11.2. The van der Waals surface area contributed by atoms with Gasteiger partial charge in [0, 0.05) is 19.5 Å². The average Bonchev–Trinajstić information content (AvgIpc) is 2.27. The van der Waals surface area contributed by atoms with Crippen LogP contribution in [0.2, 0.25) is 0 Å². The molecule has 1 aromatic rings. The Bertz CT molecular complexity index is 382. The van der Waals surface area contributed by atoms with Crippen molar-refractivity contribution in [3.63, 3.8) is 0 Å². The van der Waals surface area contributed by atoms with Crippen molar-refractivity contribution in [2.45, 2.75) is 13.0 Å². The number of nitrogens with two attached hydrogens (primary N) is 1. The van der Waals surface area contributed by atoms with E-state index in [-0.39, 0.29) is 5.91 Å². The molecule has 0 aliphatic heterocycles. The van der Waals surface area contributed by atoms with Crippen molar-refractivity contribution in [3.05, 3.63) is 35.4 Å². The molecule has 0 saturated carbocycles. The van der Waals surface area contributed by atoms with E-state index in [1.54, 1.807) is 18.2 Å². The van der Waals surface area contributed by atoms with E-state index in [0.717, 1.165) is 5.56 Å². The van der Waals surface area contributed by atoms with Crippen molar-refractivity contribution in [3.8, 4) is 6.07 Å². The van der Waals surface area contributed by atoms with E-state index in [0.29, 0.717) is 25.1 Å². The number of nitrogens with one attached hydrogen (secondary N) is 1. The zero-order chi connectivity index (χ0) is 11.1. The van der Waals surface area contributed by atoms with E-state index in [2.05, 4.69) is 5.32 Å². The van der Waals surface area contributed by atoms with Gasteiger partial charge in [0.15, 0.2) is 0 Å². The third-order valence-electron chi connectivity index (χ3n) is 1.92. The lowest BCUT2D eigenvalue weighted by Crippen LogP contribution is -2.24. The van der Waals surface area contributed by atoms with Gasteiger partial charge in [0.2, 0.25) is 5.91 Å². The van der Waals surface area contributed by atoms with Gasteiger partial charge >= 0.3 is 0 Å². The molecule has 0 radical (unpaired) electrons. The number of nitriles is 1. The summed E-state index contributed by atoms with van der Waals surface area (Å²) in [5.74, 6) is -0.0696. The monoisotopic (exact) mass is 203 g/mol. The van der Waals surface area contributed by atoms with Crippen LogP contribution in [0.15, 0.2) is 24.3 Å². The van der Waals surface area contributed by atoms with Crippen molar-refractivity contribution >= 4 is 5.91 Å². The highest BCUT2D eigenvalue weighted by Crippen LogP contribution is 2.03. The molecule has 0 aromatic heterocycles. The molecule has 0 fully saturated rings. The molecule has 0 saturated heterocycles. The quantitative estimate of drug-likeness (QED) is 0.748. The zero-order valence-electron chi connectivity index (χ0n) is 8.36. The van der Waals surface area contributed by atoms with Crippen LogP contribution in [0, 0.1) is 11.3 Å². The summed E-state index contributed by atoms with van der Waals surface area (Å²) in [6.45, 7) is 0.790. The van der Waals surface area contributed by atoms with Crippen LogP contribution in [0.4, 0.5) is 0 Å². The van der Waals surface area contributed by atoms with Crippen molar-refractivity contribution in [1.82, 2.24) is 5.32 Å². The highest BCUT2D eigenvalue weighted by Gasteiger charge is 1.99. The summed E-state index contributed by atoms with van der Waals surface area (Å²) in [7, 11) is 0. The molecule has 0 aliphatic rings. The van der Waals surface area contributed by atoms with Crippen LogP contribution in [0.5, 0.6) is 0 Å². The fraction of sp³-hybridized carbons (Fsp3) is 0.273. The van der Waals surface area contributed by atoms with E-state index in [4.69, 9.17) is 11.0 Å². The van der Waals surface area contributed by atoms with Gasteiger partial charge in [-0.3, -0.25) is 4.79 Å². The average molecular weight is 203 g/mol. The highest BCUT2D eigenvalue weighted by molar-refractivity contribution is 5.76. The van der Waals surface area contributed by atoms with Crippen LogP contribution in [-0.4, -0.2) is 12.5 Å². The number of rotatable bonds is 4. The molecule has 0 bridgehead atoms. The van der Waals surface area contributed by atoms with E-state index in [9.17, 15) is 4.79 Å². The number of carbonyl (C=O) groups is 1. The summed E-state index contributed by atoms with van der Waals surface area (Å²) in [6, 6.07) is 9.19. The summed E-state index contributed by atoms with van der Waals surface area (Å²) in [5.41, 5.74) is 6.75. The lowest BCUT2D eigenvalue weighted by Gasteiger charge is -2.04. The normalized spacial score (nSPS) is 9.33. The molecule has 3 N–H and O–H groups in total. The standard InChI is InChI=1S/C11H13N3O/c12-5-4-11(15)14-8-10-3-1-2-9(6-10)7-13/h1-3,6H,4-5,8,12H2,(H,14,15). The van der Waals surface area contributed by atoms with Crippen molar-refractivity contribution in [2.24, 2.45) is 5.73 Å². The molecule has 0 atom stereocenters. The number of amides is 1. The minimum atomic E-state index is -0.0696. The maximum Gasteiger partial charge on any atom is 0.221 e. The molecule has 1 rings (SSSR count). The fourth-order valence-corrected chi connectivity index (χ4v) is 1.17. The van der Waals surface area contributed by atoms with Gasteiger partial charge in [0.25, 0.3) is 0 Å². The van der Waals surface area contributed by atoms with E-state index >= 15 is 0 Å². The second-order valence-corrected chi connectivity index (χ2v) is 3.13. The molecule has 1 aromatic carbocycles. The Hall–Kier alpha value is -1.86. The molecule has 0 unspecified atom stereocenters. The number of nitrogens with zero attached hydrogens (tertiary/aromatic N) is 1. The van der Waals surface area contributed by atoms with Crippen LogP contribution < -0.4 is 11.1 Å². The zero-order valence-corrected chi connectivity index (χ0v) is 8.36. The molecule has 0 spiro atoms. The third-order valence-corrected chi connectivity index (χ3v) is 1.92. The highest BCUT2D eigenvalue weighted by atomic mass is 16.1. The van der Waals surface area contributed by atoms with Gasteiger partial charge in [-0.25, -0.2) is 0 Å². The Labute approximate surface area is 88.7 Å². The Morgan fingerprint density at radius 1 is 1.53 bits per heavy atom. The lowest BCUT2D eigenvalue weighted by molar-refractivity contribution is -0.121. The number of hydrogen-bond acceptors (Lipinski definition) is 3. The van der Waals surface area contributed by atoms with E-state index in [1.807, 2.05) is 12.1 Å². The van der Waals surface area contributed by atoms with Gasteiger partial charge in [0.1, 0.15) is 0 Å². The molecule has 4 heteroatoms. The SMILES string of the molecule is N#Cc1cccc(CNC(=O)CCN)c1. The predicted molar refractivity (Wildman–Crippen MR) is 56.7 cm³/mol. The Morgan fingerprint density at radius 2 is 2.33 bits per heavy atom. The molecule has 0 heterocycles. The van der Waals surface area contributed by atoms with E-state index in [1.165, 1.54) is 0 Å². The van der Waals surface area contributed by atoms with E-state index < -0.39 is 0 Å². The number of benzene rings is 1. The Morgan fingerprint density at radius 3 is 3.00 bits per heavy atom. The first-order valence-corrected chi connectivity index (χ1v) is 4.72. The number of carbonyl (C=O) groups excluding carboxylic acids is 1. The van der Waals surface area contributed by atoms with Crippen molar-refractivity contribution < 1.29 is 4.79 Å². The third kappa shape index (κ3) is 3.79. The Balaban J connectivity index is 2.51. The summed E-state index contributed by atoms with van der Waals surface area (Å²) < 4.78 is 0. The van der Waals surface area contributed by atoms with Crippen LogP contribution in [0.25, 0.3) is 0 Å². The Kier molecular flexibility index (Phi) is 4.32. The second kappa shape index (κ2) is 5.78. The summed E-state index contributed by atoms with van der Waals surface area (Å²) in [6.07, 6.45) is 0.331. The summed E-state index contributed by atoms with van der Waals surface area (Å²) in [5, 5.41) is 11.4. The smallest absolute Gasteiger partial charge is 0.221 e. The molecule has 1 amide bonds. The van der Waals surface area contributed by atoms with Crippen molar-refractivity contribution in [2.75, 3.05) is 6.54 Å². The minimum Gasteiger partial charge on any atom is -0.352 e. The second-order valence-electron chi connectivity index (χ2n) is 3.13. The van der Waals surface area contributed by atoms with Gasteiger partial charge in [0.05, 0.1) is 11.6 Å². The van der Waals surface area contributed by atoms with Gasteiger partial charge in [-0.2, -0.15) is 5.26 Å². The van der Waals surface area contributed by atoms with Gasteiger partial charge in [-0.1, -0.05) is 12.1 Å². The largest absolute Gasteiger partial charge is 0.352 e. The van der Waals surface area contributed by atoms with Crippen LogP contribution in [0.1, 0.15) is 17.5 Å². The van der Waals surface area contributed by atoms with Gasteiger partial charge in [-0.15, -0.1) is 0 Å². The first-order valence-electron chi connectivity index (χ1n) is 4.72. The topological polar surface area (TPSA) is 78.9 Å². The molecular formula is C11H13N3O. The minimum absolute atomic E-state index is 0.0696. The molecule has 4 nitrogen and oxygen atoms in total. The predicted octanol–water partition coefficient (Wildman–Crippen LogP) is 0.523. The maximum absolute atomic E-state index is 11.1. The first-order chi connectivity index (χ1) is 7.26. The van der Waals surface area contributed by atoms with Gasteiger partial charge in [-0.05, 0) is 17.7 Å². The molecular weight excluding hydrogens is 190 g/mol. The van der Waals surface area contributed by atoms with Gasteiger partial charge < -0.3 is 11.1 Å². The summed E-state index contributed by atoms with van der Waals surface area (Å²) in [4.78, 5) is 11.1. The van der Waals surface area contributed by atoms with Crippen molar-refractivity contribution in [1.29, 1.82) is 5.26 Å². The van der Waals surface area contributed by atoms with Crippen LogP contribution in [-0.2, 0) is 11.3 Å². The number of hydrogen-bond donors (Lipinski definition) is 2. The fourth-order valence-electron chi connectivity index (χ4n) is 1.17. The maximum atomic E-state index is 11.1. The van der Waals surface area contributed by atoms with Crippen LogP contribution >= 0.6 is 0 Å².